The second kappa shape index (κ2) is 11.8. The maximum Gasteiger partial charge on any atom is 0.243 e. The first-order chi connectivity index (χ1) is 16.2. The molecule has 178 valence electrons. The molecule has 3 rings (SSSR count). The Bertz CT molecular complexity index is 1130. The second-order valence-corrected chi connectivity index (χ2v) is 9.48. The molecule has 0 saturated heterocycles. The van der Waals surface area contributed by atoms with Gasteiger partial charge in [-0.3, -0.25) is 9.59 Å². The zero-order valence-corrected chi connectivity index (χ0v) is 21.1. The fraction of sp³-hybridized carbons (Fsp3) is 0.310. The highest BCUT2D eigenvalue weighted by Gasteiger charge is 2.31. The fourth-order valence-corrected chi connectivity index (χ4v) is 4.13. The van der Waals surface area contributed by atoms with Crippen LogP contribution in [0.2, 0.25) is 5.02 Å². The van der Waals surface area contributed by atoms with Crippen LogP contribution in [-0.2, 0) is 29.0 Å². The van der Waals surface area contributed by atoms with Crippen molar-refractivity contribution in [2.24, 2.45) is 0 Å². The minimum Gasteiger partial charge on any atom is -0.352 e. The van der Waals surface area contributed by atoms with E-state index in [-0.39, 0.29) is 30.8 Å². The summed E-state index contributed by atoms with van der Waals surface area (Å²) in [5.41, 5.74) is 5.06. The Kier molecular flexibility index (Phi) is 8.89. The topological polar surface area (TPSA) is 49.4 Å². The number of hydrogen-bond acceptors (Lipinski definition) is 2. The Balaban J connectivity index is 1.99. The van der Waals surface area contributed by atoms with Crippen LogP contribution in [0.15, 0.2) is 72.8 Å². The standard InChI is InChI=1S/C29H33ClN2O2/c1-20(2)31-29(34)27(17-23-10-6-5-7-11-23)32(19-25-12-8-9-13-26(25)30)28(33)18-24-15-14-21(3)22(4)16-24/h5-16,20,27H,17-19H2,1-4H3,(H,31,34). The van der Waals surface area contributed by atoms with E-state index in [1.807, 2.05) is 93.6 Å². The van der Waals surface area contributed by atoms with Crippen LogP contribution in [0.3, 0.4) is 0 Å². The number of carbonyl (C=O) groups excluding carboxylic acids is 2. The monoisotopic (exact) mass is 476 g/mol. The number of nitrogens with one attached hydrogen (secondary N) is 1. The summed E-state index contributed by atoms with van der Waals surface area (Å²) >= 11 is 6.46. The van der Waals surface area contributed by atoms with E-state index in [4.69, 9.17) is 11.6 Å². The van der Waals surface area contributed by atoms with Crippen LogP contribution < -0.4 is 5.32 Å². The van der Waals surface area contributed by atoms with Crippen LogP contribution in [0.4, 0.5) is 0 Å². The molecule has 0 aliphatic carbocycles. The van der Waals surface area contributed by atoms with Crippen molar-refractivity contribution in [3.8, 4) is 0 Å². The molecule has 1 N–H and O–H groups in total. The van der Waals surface area contributed by atoms with Crippen LogP contribution in [0.25, 0.3) is 0 Å². The number of rotatable bonds is 9. The van der Waals surface area contributed by atoms with Crippen molar-refractivity contribution in [2.45, 2.75) is 59.2 Å². The van der Waals surface area contributed by atoms with Gasteiger partial charge in [0.2, 0.25) is 11.8 Å². The molecule has 1 atom stereocenters. The van der Waals surface area contributed by atoms with Crippen molar-refractivity contribution in [1.82, 2.24) is 10.2 Å². The lowest BCUT2D eigenvalue weighted by Gasteiger charge is -2.32. The molecule has 3 aromatic rings. The lowest BCUT2D eigenvalue weighted by Crippen LogP contribution is -2.52. The number of hydrogen-bond donors (Lipinski definition) is 1. The molecule has 4 nitrogen and oxygen atoms in total. The Labute approximate surface area is 207 Å². The summed E-state index contributed by atoms with van der Waals surface area (Å²) in [4.78, 5) is 28.8. The van der Waals surface area contributed by atoms with Gasteiger partial charge in [-0.05, 0) is 61.6 Å². The highest BCUT2D eigenvalue weighted by Crippen LogP contribution is 2.22. The van der Waals surface area contributed by atoms with Crippen LogP contribution in [-0.4, -0.2) is 28.8 Å². The molecule has 5 heteroatoms. The smallest absolute Gasteiger partial charge is 0.243 e. The highest BCUT2D eigenvalue weighted by atomic mass is 35.5. The van der Waals surface area contributed by atoms with Gasteiger partial charge in [-0.15, -0.1) is 0 Å². The molecule has 2 amide bonds. The molecule has 0 radical (unpaired) electrons. The van der Waals surface area contributed by atoms with Crippen molar-refractivity contribution in [2.75, 3.05) is 0 Å². The third-order valence-electron chi connectivity index (χ3n) is 5.93. The summed E-state index contributed by atoms with van der Waals surface area (Å²) < 4.78 is 0. The number of halogens is 1. The van der Waals surface area contributed by atoms with Crippen LogP contribution in [0.1, 0.15) is 41.7 Å². The van der Waals surface area contributed by atoms with Gasteiger partial charge in [-0.25, -0.2) is 0 Å². The van der Waals surface area contributed by atoms with E-state index < -0.39 is 6.04 Å². The molecule has 0 aliphatic rings. The highest BCUT2D eigenvalue weighted by molar-refractivity contribution is 6.31. The van der Waals surface area contributed by atoms with Crippen molar-refractivity contribution < 1.29 is 9.59 Å². The van der Waals surface area contributed by atoms with Gasteiger partial charge in [-0.1, -0.05) is 78.3 Å². The Morgan fingerprint density at radius 3 is 2.21 bits per heavy atom. The summed E-state index contributed by atoms with van der Waals surface area (Å²) in [7, 11) is 0. The SMILES string of the molecule is Cc1ccc(CC(=O)N(Cc2ccccc2Cl)C(Cc2ccccc2)C(=O)NC(C)C)cc1C. The lowest BCUT2D eigenvalue weighted by atomic mass is 10.00. The van der Waals surface area contributed by atoms with E-state index in [1.54, 1.807) is 4.90 Å². The Morgan fingerprint density at radius 2 is 1.56 bits per heavy atom. The number of carbonyl (C=O) groups is 2. The molecular formula is C29H33ClN2O2. The van der Waals surface area contributed by atoms with Crippen LogP contribution in [0, 0.1) is 13.8 Å². The van der Waals surface area contributed by atoms with E-state index in [9.17, 15) is 9.59 Å². The molecule has 0 bridgehead atoms. The zero-order chi connectivity index (χ0) is 24.7. The molecule has 0 fully saturated rings. The second-order valence-electron chi connectivity index (χ2n) is 9.08. The van der Waals surface area contributed by atoms with E-state index in [0.29, 0.717) is 11.4 Å². The number of benzene rings is 3. The summed E-state index contributed by atoms with van der Waals surface area (Å²) in [6, 6.07) is 22.6. The van der Waals surface area contributed by atoms with Crippen molar-refractivity contribution >= 4 is 23.4 Å². The molecule has 0 saturated carbocycles. The minimum atomic E-state index is -0.667. The normalized spacial score (nSPS) is 11.8. The van der Waals surface area contributed by atoms with E-state index in [0.717, 1.165) is 22.3 Å². The third-order valence-corrected chi connectivity index (χ3v) is 6.30. The molecular weight excluding hydrogens is 444 g/mol. The van der Waals surface area contributed by atoms with E-state index >= 15 is 0 Å². The maximum absolute atomic E-state index is 13.7. The van der Waals surface area contributed by atoms with Crippen molar-refractivity contribution in [3.05, 3.63) is 106 Å². The average Bonchev–Trinajstić information content (AvgIpc) is 2.80. The fourth-order valence-electron chi connectivity index (χ4n) is 3.93. The van der Waals surface area contributed by atoms with E-state index in [1.165, 1.54) is 5.56 Å². The first kappa shape index (κ1) is 25.5. The predicted molar refractivity (Wildman–Crippen MR) is 139 cm³/mol. The molecule has 0 aromatic heterocycles. The Hall–Kier alpha value is -3.11. The molecule has 0 aliphatic heterocycles. The summed E-state index contributed by atoms with van der Waals surface area (Å²) in [6.07, 6.45) is 0.633. The quantitative estimate of drug-likeness (QED) is 0.433. The van der Waals surface area contributed by atoms with Gasteiger partial charge in [0.1, 0.15) is 6.04 Å². The number of aryl methyl sites for hydroxylation is 2. The largest absolute Gasteiger partial charge is 0.352 e. The molecule has 0 heterocycles. The molecule has 3 aromatic carbocycles. The maximum atomic E-state index is 13.7. The van der Waals surface area contributed by atoms with Crippen molar-refractivity contribution in [1.29, 1.82) is 0 Å². The summed E-state index contributed by atoms with van der Waals surface area (Å²) in [6.45, 7) is 8.20. The Morgan fingerprint density at radius 1 is 0.882 bits per heavy atom. The summed E-state index contributed by atoms with van der Waals surface area (Å²) in [5, 5.41) is 3.59. The number of amides is 2. The molecule has 1 unspecified atom stereocenters. The average molecular weight is 477 g/mol. The summed E-state index contributed by atoms with van der Waals surface area (Å²) in [5.74, 6) is -0.276. The van der Waals surface area contributed by atoms with Gasteiger partial charge in [0.05, 0.1) is 6.42 Å². The third kappa shape index (κ3) is 6.94. The van der Waals surface area contributed by atoms with Gasteiger partial charge in [0.25, 0.3) is 0 Å². The molecule has 0 spiro atoms. The van der Waals surface area contributed by atoms with Gasteiger partial charge < -0.3 is 10.2 Å². The van der Waals surface area contributed by atoms with Gasteiger partial charge >= 0.3 is 0 Å². The zero-order valence-electron chi connectivity index (χ0n) is 20.3. The molecule has 34 heavy (non-hydrogen) atoms. The van der Waals surface area contributed by atoms with Gasteiger partial charge in [-0.2, -0.15) is 0 Å². The first-order valence-corrected chi connectivity index (χ1v) is 12.1. The minimum absolute atomic E-state index is 0.0391. The van der Waals surface area contributed by atoms with Crippen molar-refractivity contribution in [3.63, 3.8) is 0 Å². The predicted octanol–water partition coefficient (Wildman–Crippen LogP) is 5.66. The lowest BCUT2D eigenvalue weighted by molar-refractivity contribution is -0.141. The van der Waals surface area contributed by atoms with Gasteiger partial charge in [0.15, 0.2) is 0 Å². The number of nitrogens with zero attached hydrogens (tertiary/aromatic N) is 1. The van der Waals surface area contributed by atoms with Gasteiger partial charge in [0, 0.05) is 24.0 Å². The van der Waals surface area contributed by atoms with Crippen LogP contribution in [0.5, 0.6) is 0 Å². The van der Waals surface area contributed by atoms with E-state index in [2.05, 4.69) is 12.2 Å². The van der Waals surface area contributed by atoms with Crippen LogP contribution >= 0.6 is 11.6 Å². The first-order valence-electron chi connectivity index (χ1n) is 11.7.